The van der Waals surface area contributed by atoms with E-state index in [1.807, 2.05) is 42.5 Å². The monoisotopic (exact) mass is 252 g/mol. The molecule has 0 bridgehead atoms. The Morgan fingerprint density at radius 1 is 1.06 bits per heavy atom. The van der Waals surface area contributed by atoms with Crippen LogP contribution in [0.25, 0.3) is 10.9 Å². The maximum atomic E-state index is 6.18. The van der Waals surface area contributed by atoms with Gasteiger partial charge in [0.15, 0.2) is 0 Å². The molecule has 0 aliphatic rings. The van der Waals surface area contributed by atoms with Crippen LogP contribution in [-0.2, 0) is 0 Å². The van der Waals surface area contributed by atoms with Crippen molar-refractivity contribution in [3.8, 4) is 11.8 Å². The number of hydrogen-bond donors (Lipinski definition) is 1. The molecular weight excluding hydrogens is 244 g/mol. The second kappa shape index (κ2) is 4.56. The highest BCUT2D eigenvalue weighted by molar-refractivity contribution is 6.32. The highest BCUT2D eigenvalue weighted by Crippen LogP contribution is 2.21. The van der Waals surface area contributed by atoms with Gasteiger partial charge in [-0.15, -0.1) is 0 Å². The first-order chi connectivity index (χ1) is 8.83. The molecule has 1 aromatic heterocycles. The lowest BCUT2D eigenvalue weighted by Crippen LogP contribution is -1.79. The molecule has 1 N–H and O–H groups in total. The number of hydrogen-bond acceptors (Lipinski definition) is 1. The summed E-state index contributed by atoms with van der Waals surface area (Å²) in [6.07, 6.45) is 1.75. The zero-order chi connectivity index (χ0) is 12.4. The summed E-state index contributed by atoms with van der Waals surface area (Å²) in [5.74, 6) is 6.17. The molecule has 2 nitrogen and oxygen atoms in total. The Hall–Kier alpha value is -2.24. The predicted molar refractivity (Wildman–Crippen MR) is 73.5 cm³/mol. The van der Waals surface area contributed by atoms with E-state index in [4.69, 9.17) is 11.6 Å². The lowest BCUT2D eigenvalue weighted by molar-refractivity contribution is 1.12. The van der Waals surface area contributed by atoms with Crippen LogP contribution in [0.3, 0.4) is 0 Å². The summed E-state index contributed by atoms with van der Waals surface area (Å²) < 4.78 is 0. The normalized spacial score (nSPS) is 10.1. The van der Waals surface area contributed by atoms with Crippen LogP contribution >= 0.6 is 11.6 Å². The number of halogens is 1. The Kier molecular flexibility index (Phi) is 2.76. The van der Waals surface area contributed by atoms with Crippen molar-refractivity contribution in [1.82, 2.24) is 10.2 Å². The van der Waals surface area contributed by atoms with E-state index in [0.717, 1.165) is 22.0 Å². The van der Waals surface area contributed by atoms with Crippen LogP contribution in [0, 0.1) is 11.8 Å². The number of aromatic nitrogens is 2. The number of aromatic amines is 1. The largest absolute Gasteiger partial charge is 0.278 e. The van der Waals surface area contributed by atoms with Crippen LogP contribution in [0.1, 0.15) is 11.1 Å². The third-order valence-corrected chi connectivity index (χ3v) is 2.96. The zero-order valence-electron chi connectivity index (χ0n) is 9.44. The second-order valence-electron chi connectivity index (χ2n) is 3.91. The molecule has 2 aromatic carbocycles. The summed E-state index contributed by atoms with van der Waals surface area (Å²) in [7, 11) is 0. The van der Waals surface area contributed by atoms with Gasteiger partial charge in [-0.2, -0.15) is 5.10 Å². The molecule has 0 fully saturated rings. The van der Waals surface area contributed by atoms with Gasteiger partial charge in [-0.1, -0.05) is 41.6 Å². The van der Waals surface area contributed by atoms with Crippen LogP contribution < -0.4 is 0 Å². The van der Waals surface area contributed by atoms with E-state index in [-0.39, 0.29) is 0 Å². The van der Waals surface area contributed by atoms with Gasteiger partial charge >= 0.3 is 0 Å². The highest BCUT2D eigenvalue weighted by atomic mass is 35.5. The van der Waals surface area contributed by atoms with Gasteiger partial charge in [0, 0.05) is 16.5 Å². The van der Waals surface area contributed by atoms with Crippen molar-refractivity contribution < 1.29 is 0 Å². The van der Waals surface area contributed by atoms with Crippen LogP contribution in [0.2, 0.25) is 5.02 Å². The predicted octanol–water partition coefficient (Wildman–Crippen LogP) is 3.62. The van der Waals surface area contributed by atoms with Crippen LogP contribution in [0.15, 0.2) is 48.7 Å². The molecule has 0 unspecified atom stereocenters. The summed E-state index contributed by atoms with van der Waals surface area (Å²) in [5, 5.41) is 8.52. The first-order valence-electron chi connectivity index (χ1n) is 5.52. The Bertz CT molecular complexity index is 748. The molecule has 3 aromatic rings. The first-order valence-corrected chi connectivity index (χ1v) is 5.90. The molecular formula is C15H9ClN2. The van der Waals surface area contributed by atoms with E-state index < -0.39 is 0 Å². The highest BCUT2D eigenvalue weighted by Gasteiger charge is 2.02. The molecule has 1 heterocycles. The lowest BCUT2D eigenvalue weighted by Gasteiger charge is -1.96. The van der Waals surface area contributed by atoms with Crippen molar-refractivity contribution in [2.45, 2.75) is 0 Å². The maximum Gasteiger partial charge on any atom is 0.0663 e. The fourth-order valence-electron chi connectivity index (χ4n) is 1.72. The van der Waals surface area contributed by atoms with E-state index >= 15 is 0 Å². The third kappa shape index (κ3) is 2.09. The van der Waals surface area contributed by atoms with E-state index in [0.29, 0.717) is 5.02 Å². The topological polar surface area (TPSA) is 28.7 Å². The van der Waals surface area contributed by atoms with E-state index in [9.17, 15) is 0 Å². The number of nitrogens with zero attached hydrogens (tertiary/aromatic N) is 1. The third-order valence-electron chi connectivity index (χ3n) is 2.64. The smallest absolute Gasteiger partial charge is 0.0663 e. The molecule has 0 aliphatic carbocycles. The summed E-state index contributed by atoms with van der Waals surface area (Å²) in [5.41, 5.74) is 2.72. The van der Waals surface area contributed by atoms with Crippen molar-refractivity contribution in [1.29, 1.82) is 0 Å². The summed E-state index contributed by atoms with van der Waals surface area (Å²) in [6, 6.07) is 13.6. The van der Waals surface area contributed by atoms with Gasteiger partial charge in [0.2, 0.25) is 0 Å². The van der Waals surface area contributed by atoms with Gasteiger partial charge in [-0.05, 0) is 24.3 Å². The summed E-state index contributed by atoms with van der Waals surface area (Å²) in [4.78, 5) is 0. The molecule has 3 rings (SSSR count). The molecule has 0 atom stereocenters. The molecule has 0 spiro atoms. The van der Waals surface area contributed by atoms with Gasteiger partial charge < -0.3 is 0 Å². The fourth-order valence-corrected chi connectivity index (χ4v) is 1.94. The molecule has 0 saturated carbocycles. The number of H-pyrrole nitrogens is 1. The SMILES string of the molecule is Clc1cc2cn[nH]c2cc1C#Cc1ccccc1. The average molecular weight is 253 g/mol. The minimum atomic E-state index is 0.646. The fraction of sp³-hybridized carbons (Fsp3) is 0. The van der Waals surface area contributed by atoms with Crippen LogP contribution in [0.4, 0.5) is 0 Å². The van der Waals surface area contributed by atoms with Crippen LogP contribution in [0.5, 0.6) is 0 Å². The van der Waals surface area contributed by atoms with Gasteiger partial charge in [0.1, 0.15) is 0 Å². The number of nitrogens with one attached hydrogen (secondary N) is 1. The van der Waals surface area contributed by atoms with Crippen molar-refractivity contribution in [2.75, 3.05) is 0 Å². The second-order valence-corrected chi connectivity index (χ2v) is 4.31. The van der Waals surface area contributed by atoms with E-state index in [2.05, 4.69) is 22.0 Å². The first kappa shape index (κ1) is 10.9. The molecule has 0 aliphatic heterocycles. The van der Waals surface area contributed by atoms with Crippen molar-refractivity contribution in [3.05, 3.63) is 64.8 Å². The summed E-state index contributed by atoms with van der Waals surface area (Å²) >= 11 is 6.18. The van der Waals surface area contributed by atoms with Gasteiger partial charge in [0.25, 0.3) is 0 Å². The molecule has 3 heteroatoms. The van der Waals surface area contributed by atoms with Gasteiger partial charge in [0.05, 0.1) is 16.7 Å². The van der Waals surface area contributed by atoms with Crippen molar-refractivity contribution >= 4 is 22.5 Å². The number of benzene rings is 2. The maximum absolute atomic E-state index is 6.18. The summed E-state index contributed by atoms with van der Waals surface area (Å²) in [6.45, 7) is 0. The lowest BCUT2D eigenvalue weighted by atomic mass is 10.1. The Morgan fingerprint density at radius 3 is 2.72 bits per heavy atom. The van der Waals surface area contributed by atoms with Gasteiger partial charge in [-0.25, -0.2) is 0 Å². The minimum absolute atomic E-state index is 0.646. The number of rotatable bonds is 0. The number of fused-ring (bicyclic) bond motifs is 1. The van der Waals surface area contributed by atoms with Crippen molar-refractivity contribution in [3.63, 3.8) is 0 Å². The Balaban J connectivity index is 2.05. The molecule has 18 heavy (non-hydrogen) atoms. The zero-order valence-corrected chi connectivity index (χ0v) is 10.2. The van der Waals surface area contributed by atoms with Gasteiger partial charge in [-0.3, -0.25) is 5.10 Å². The molecule has 86 valence electrons. The standard InChI is InChI=1S/C15H9ClN2/c16-14-8-13-10-17-18-15(13)9-12(14)7-6-11-4-2-1-3-5-11/h1-5,8-10H,(H,17,18). The molecule has 0 radical (unpaired) electrons. The average Bonchev–Trinajstić information content (AvgIpc) is 2.84. The van der Waals surface area contributed by atoms with E-state index in [1.165, 1.54) is 0 Å². The molecule has 0 amide bonds. The van der Waals surface area contributed by atoms with Crippen molar-refractivity contribution in [2.24, 2.45) is 0 Å². The molecule has 0 saturated heterocycles. The van der Waals surface area contributed by atoms with E-state index in [1.54, 1.807) is 6.20 Å². The Labute approximate surface area is 110 Å². The quantitative estimate of drug-likeness (QED) is 0.609. The minimum Gasteiger partial charge on any atom is -0.278 e. The van der Waals surface area contributed by atoms with Crippen LogP contribution in [-0.4, -0.2) is 10.2 Å². The Morgan fingerprint density at radius 2 is 1.89 bits per heavy atom.